The van der Waals surface area contributed by atoms with Crippen LogP contribution in [0.3, 0.4) is 0 Å². The maximum absolute atomic E-state index is 4.43. The quantitative estimate of drug-likeness (QED) is 0.798. The van der Waals surface area contributed by atoms with Crippen LogP contribution in [0.5, 0.6) is 0 Å². The van der Waals surface area contributed by atoms with E-state index in [1.165, 1.54) is 45.2 Å². The Hall–Kier alpha value is -1.16. The van der Waals surface area contributed by atoms with E-state index in [4.69, 9.17) is 0 Å². The first kappa shape index (κ1) is 11.9. The van der Waals surface area contributed by atoms with Crippen molar-refractivity contribution in [3.63, 3.8) is 0 Å². The molecule has 98 valence electrons. The van der Waals surface area contributed by atoms with Gasteiger partial charge in [0.05, 0.1) is 6.20 Å². The summed E-state index contributed by atoms with van der Waals surface area (Å²) in [5.41, 5.74) is 0. The lowest BCUT2D eigenvalue weighted by molar-refractivity contribution is 0.147. The summed E-state index contributed by atoms with van der Waals surface area (Å²) in [6, 6.07) is 0.723. The summed E-state index contributed by atoms with van der Waals surface area (Å²) in [6.07, 6.45) is 12.2. The van der Waals surface area contributed by atoms with Crippen LogP contribution in [-0.2, 0) is 0 Å². The van der Waals surface area contributed by atoms with Crippen LogP contribution in [0.1, 0.15) is 32.1 Å². The van der Waals surface area contributed by atoms with E-state index < -0.39 is 0 Å². The van der Waals surface area contributed by atoms with Gasteiger partial charge in [-0.05, 0) is 38.8 Å². The zero-order valence-corrected chi connectivity index (χ0v) is 11.0. The van der Waals surface area contributed by atoms with E-state index in [2.05, 4.69) is 19.8 Å². The number of likely N-dealkylation sites (tertiary alicyclic amines) is 1. The van der Waals surface area contributed by atoms with Gasteiger partial charge < -0.3 is 4.90 Å². The lowest BCUT2D eigenvalue weighted by atomic mass is 10.0. The molecule has 1 aromatic heterocycles. The molecule has 1 atom stereocenters. The number of nitrogens with zero attached hydrogens (tertiary/aromatic N) is 4. The topological polar surface area (TPSA) is 32.3 Å². The van der Waals surface area contributed by atoms with Gasteiger partial charge in [0.15, 0.2) is 0 Å². The Morgan fingerprint density at radius 3 is 2.67 bits per heavy atom. The molecule has 0 radical (unpaired) electrons. The molecule has 3 heterocycles. The van der Waals surface area contributed by atoms with Gasteiger partial charge in [0.2, 0.25) is 0 Å². The molecule has 4 heteroatoms. The highest BCUT2D eigenvalue weighted by Crippen LogP contribution is 2.22. The molecule has 0 saturated carbocycles. The smallest absolute Gasteiger partial charge is 0.147 e. The van der Waals surface area contributed by atoms with E-state index >= 15 is 0 Å². The van der Waals surface area contributed by atoms with Crippen LogP contribution in [0.25, 0.3) is 0 Å². The van der Waals surface area contributed by atoms with Crippen molar-refractivity contribution in [3.8, 4) is 0 Å². The van der Waals surface area contributed by atoms with Gasteiger partial charge in [0.25, 0.3) is 0 Å². The van der Waals surface area contributed by atoms with Crippen LogP contribution in [0, 0.1) is 0 Å². The first-order valence-corrected chi connectivity index (χ1v) is 7.18. The average molecular weight is 246 g/mol. The Morgan fingerprint density at radius 2 is 1.89 bits per heavy atom. The number of hydrogen-bond donors (Lipinski definition) is 0. The molecule has 0 aliphatic carbocycles. The summed E-state index contributed by atoms with van der Waals surface area (Å²) < 4.78 is 0. The van der Waals surface area contributed by atoms with Crippen LogP contribution >= 0.6 is 0 Å². The van der Waals surface area contributed by atoms with E-state index in [-0.39, 0.29) is 0 Å². The Labute approximate surface area is 109 Å². The summed E-state index contributed by atoms with van der Waals surface area (Å²) in [5.74, 6) is 1.04. The van der Waals surface area contributed by atoms with Crippen molar-refractivity contribution >= 4 is 5.82 Å². The zero-order valence-electron chi connectivity index (χ0n) is 11.0. The molecule has 0 amide bonds. The second-order valence-electron chi connectivity index (χ2n) is 5.40. The monoisotopic (exact) mass is 246 g/mol. The fraction of sp³-hybridized carbons (Fsp3) is 0.714. The number of aromatic nitrogens is 2. The van der Waals surface area contributed by atoms with Gasteiger partial charge >= 0.3 is 0 Å². The predicted molar refractivity (Wildman–Crippen MR) is 72.7 cm³/mol. The van der Waals surface area contributed by atoms with Gasteiger partial charge in [-0.15, -0.1) is 0 Å². The molecule has 0 N–H and O–H groups in total. The van der Waals surface area contributed by atoms with E-state index in [1.54, 1.807) is 12.4 Å². The maximum atomic E-state index is 4.43. The van der Waals surface area contributed by atoms with E-state index in [1.807, 2.05) is 6.20 Å². The maximum Gasteiger partial charge on any atom is 0.147 e. The van der Waals surface area contributed by atoms with Crippen LogP contribution in [-0.4, -0.2) is 47.1 Å². The number of piperidine rings is 2. The second-order valence-corrected chi connectivity index (χ2v) is 5.40. The summed E-state index contributed by atoms with van der Waals surface area (Å²) in [7, 11) is 0. The van der Waals surface area contributed by atoms with Crippen molar-refractivity contribution in [1.82, 2.24) is 14.9 Å². The molecular formula is C14H22N4. The molecule has 0 aromatic carbocycles. The van der Waals surface area contributed by atoms with Crippen LogP contribution in [0.15, 0.2) is 18.6 Å². The van der Waals surface area contributed by atoms with Gasteiger partial charge in [-0.3, -0.25) is 9.88 Å². The van der Waals surface area contributed by atoms with Gasteiger partial charge in [0.1, 0.15) is 5.82 Å². The summed E-state index contributed by atoms with van der Waals surface area (Å²) in [6.45, 7) is 4.83. The molecular weight excluding hydrogens is 224 g/mol. The average Bonchev–Trinajstić information content (AvgIpc) is 2.49. The highest BCUT2D eigenvalue weighted by molar-refractivity contribution is 5.35. The molecule has 2 fully saturated rings. The van der Waals surface area contributed by atoms with Crippen molar-refractivity contribution < 1.29 is 0 Å². The lowest BCUT2D eigenvalue weighted by Gasteiger charge is -2.41. The number of anilines is 1. The van der Waals surface area contributed by atoms with Crippen molar-refractivity contribution in [1.29, 1.82) is 0 Å². The minimum atomic E-state index is 0.723. The minimum Gasteiger partial charge on any atom is -0.354 e. The molecule has 2 aliphatic rings. The molecule has 1 unspecified atom stereocenters. The Morgan fingerprint density at radius 1 is 1.00 bits per heavy atom. The SMILES string of the molecule is c1cnc(N2CCCC(N3CCCCC3)C2)cn1. The molecule has 2 aliphatic heterocycles. The number of rotatable bonds is 2. The third-order valence-corrected chi connectivity index (χ3v) is 4.18. The molecule has 2 saturated heterocycles. The van der Waals surface area contributed by atoms with Crippen LogP contribution in [0.4, 0.5) is 5.82 Å². The van der Waals surface area contributed by atoms with E-state index in [9.17, 15) is 0 Å². The first-order valence-electron chi connectivity index (χ1n) is 7.18. The summed E-state index contributed by atoms with van der Waals surface area (Å²) in [4.78, 5) is 13.7. The predicted octanol–water partition coefficient (Wildman–Crippen LogP) is 1.93. The fourth-order valence-corrected chi connectivity index (χ4v) is 3.20. The highest BCUT2D eigenvalue weighted by atomic mass is 15.3. The van der Waals surface area contributed by atoms with E-state index in [0.717, 1.165) is 24.9 Å². The number of hydrogen-bond acceptors (Lipinski definition) is 4. The van der Waals surface area contributed by atoms with Crippen molar-refractivity contribution in [2.45, 2.75) is 38.1 Å². The standard InChI is InChI=1S/C14H22N4/c1-2-8-17(9-3-1)13-5-4-10-18(12-13)14-11-15-6-7-16-14/h6-7,11,13H,1-5,8-10,12H2. The zero-order chi connectivity index (χ0) is 12.2. The molecule has 18 heavy (non-hydrogen) atoms. The molecule has 4 nitrogen and oxygen atoms in total. The third kappa shape index (κ3) is 2.64. The second kappa shape index (κ2) is 5.65. The van der Waals surface area contributed by atoms with Gasteiger partial charge in [-0.1, -0.05) is 6.42 Å². The molecule has 0 spiro atoms. The van der Waals surface area contributed by atoms with Gasteiger partial charge in [-0.2, -0.15) is 0 Å². The Balaban J connectivity index is 1.64. The summed E-state index contributed by atoms with van der Waals surface area (Å²) >= 11 is 0. The molecule has 0 bridgehead atoms. The summed E-state index contributed by atoms with van der Waals surface area (Å²) in [5, 5.41) is 0. The lowest BCUT2D eigenvalue weighted by Crippen LogP contribution is -2.49. The highest BCUT2D eigenvalue weighted by Gasteiger charge is 2.26. The minimum absolute atomic E-state index is 0.723. The van der Waals surface area contributed by atoms with Gasteiger partial charge in [-0.25, -0.2) is 4.98 Å². The van der Waals surface area contributed by atoms with Crippen molar-refractivity contribution in [3.05, 3.63) is 18.6 Å². The first-order chi connectivity index (χ1) is 8.93. The fourth-order valence-electron chi connectivity index (χ4n) is 3.20. The van der Waals surface area contributed by atoms with Crippen molar-refractivity contribution in [2.75, 3.05) is 31.1 Å². The molecule has 3 rings (SSSR count). The Bertz CT molecular complexity index is 361. The van der Waals surface area contributed by atoms with Crippen LogP contribution < -0.4 is 4.90 Å². The van der Waals surface area contributed by atoms with Gasteiger partial charge in [0, 0.05) is 31.5 Å². The van der Waals surface area contributed by atoms with E-state index in [0.29, 0.717) is 0 Å². The third-order valence-electron chi connectivity index (χ3n) is 4.18. The Kier molecular flexibility index (Phi) is 3.74. The largest absolute Gasteiger partial charge is 0.354 e. The van der Waals surface area contributed by atoms with Crippen molar-refractivity contribution in [2.24, 2.45) is 0 Å². The molecule has 1 aromatic rings. The normalized spacial score (nSPS) is 26.2. The van der Waals surface area contributed by atoms with Crippen LogP contribution in [0.2, 0.25) is 0 Å².